The van der Waals surface area contributed by atoms with Gasteiger partial charge in [0.05, 0.1) is 12.9 Å². The second kappa shape index (κ2) is 11.6. The van der Waals surface area contributed by atoms with Crippen molar-refractivity contribution in [3.8, 4) is 5.75 Å². The van der Waals surface area contributed by atoms with Crippen LogP contribution in [0.15, 0.2) is 36.7 Å². The molecule has 2 aliphatic carbocycles. The van der Waals surface area contributed by atoms with Crippen molar-refractivity contribution in [2.75, 3.05) is 6.61 Å². The molecule has 3 rings (SSSR count). The van der Waals surface area contributed by atoms with Crippen molar-refractivity contribution in [3.05, 3.63) is 42.2 Å². The minimum atomic E-state index is 0.491. The zero-order valence-corrected chi connectivity index (χ0v) is 17.8. The molecule has 0 radical (unpaired) electrons. The third-order valence-electron chi connectivity index (χ3n) is 7.22. The molecule has 0 atom stereocenters. The molecule has 0 amide bonds. The van der Waals surface area contributed by atoms with E-state index in [-0.39, 0.29) is 0 Å². The Labute approximate surface area is 171 Å². The summed E-state index contributed by atoms with van der Waals surface area (Å²) < 4.78 is 18.3. The molecule has 2 fully saturated rings. The van der Waals surface area contributed by atoms with Crippen LogP contribution in [0.25, 0.3) is 0 Å². The molecule has 0 aromatic heterocycles. The van der Waals surface area contributed by atoms with E-state index in [1.165, 1.54) is 76.2 Å². The van der Waals surface area contributed by atoms with Crippen molar-refractivity contribution in [1.29, 1.82) is 0 Å². The van der Waals surface area contributed by atoms with Gasteiger partial charge in [-0.15, -0.1) is 0 Å². The Morgan fingerprint density at radius 2 is 1.50 bits per heavy atom. The molecule has 0 heterocycles. The lowest BCUT2D eigenvalue weighted by atomic mass is 9.68. The highest BCUT2D eigenvalue weighted by Gasteiger charge is 2.30. The number of hydrogen-bond acceptors (Lipinski definition) is 1. The smallest absolute Gasteiger partial charge is 0.119 e. The number of benzene rings is 1. The zero-order valence-electron chi connectivity index (χ0n) is 17.8. The first kappa shape index (κ1) is 21.4. The first-order valence-corrected chi connectivity index (χ1v) is 11.8. The molecular weight excluding hydrogens is 347 g/mol. The lowest BCUT2D eigenvalue weighted by Gasteiger charge is -2.37. The van der Waals surface area contributed by atoms with E-state index in [2.05, 4.69) is 31.2 Å². The van der Waals surface area contributed by atoms with E-state index < -0.39 is 0 Å². The van der Waals surface area contributed by atoms with E-state index in [0.29, 0.717) is 5.92 Å². The van der Waals surface area contributed by atoms with Crippen LogP contribution in [0.3, 0.4) is 0 Å². The van der Waals surface area contributed by atoms with Crippen molar-refractivity contribution in [2.24, 2.45) is 17.8 Å². The van der Waals surface area contributed by atoms with Gasteiger partial charge >= 0.3 is 0 Å². The highest BCUT2D eigenvalue weighted by Crippen LogP contribution is 2.44. The summed E-state index contributed by atoms with van der Waals surface area (Å²) in [5.74, 6) is 4.02. The standard InChI is InChI=1S/C26H39FO/c1-2-3-4-5-20-28-26-16-14-25(15-17-26)24-12-10-23(11-13-24)22-8-6-21(7-9-22)18-19-27/h14-19,21-24H,2-13,20H2,1H3. The molecule has 0 N–H and O–H groups in total. The SMILES string of the molecule is CCCCCCOc1ccc(C2CCC(C3CCC(C=CF)CC3)CC2)cc1. The largest absolute Gasteiger partial charge is 0.494 e. The number of halogens is 1. The molecule has 0 aliphatic heterocycles. The predicted octanol–water partition coefficient (Wildman–Crippen LogP) is 8.21. The van der Waals surface area contributed by atoms with Gasteiger partial charge in [-0.25, -0.2) is 4.39 Å². The fraction of sp³-hybridized carbons (Fsp3) is 0.692. The van der Waals surface area contributed by atoms with Gasteiger partial charge in [0.25, 0.3) is 0 Å². The first-order chi connectivity index (χ1) is 13.8. The van der Waals surface area contributed by atoms with E-state index >= 15 is 0 Å². The third-order valence-corrected chi connectivity index (χ3v) is 7.22. The van der Waals surface area contributed by atoms with Gasteiger partial charge in [0, 0.05) is 0 Å². The van der Waals surface area contributed by atoms with Crippen molar-refractivity contribution in [1.82, 2.24) is 0 Å². The van der Waals surface area contributed by atoms with Crippen LogP contribution < -0.4 is 4.74 Å². The van der Waals surface area contributed by atoms with Crippen LogP contribution in [0.5, 0.6) is 5.75 Å². The molecule has 0 unspecified atom stereocenters. The summed E-state index contributed by atoms with van der Waals surface area (Å²) in [6.07, 6.45) is 17.9. The number of unbranched alkanes of at least 4 members (excludes halogenated alkanes) is 3. The van der Waals surface area contributed by atoms with Crippen LogP contribution in [0.4, 0.5) is 4.39 Å². The lowest BCUT2D eigenvalue weighted by molar-refractivity contribution is 0.171. The maximum Gasteiger partial charge on any atom is 0.119 e. The van der Waals surface area contributed by atoms with E-state index in [4.69, 9.17) is 4.74 Å². The normalized spacial score (nSPS) is 28.5. The van der Waals surface area contributed by atoms with Gasteiger partial charge < -0.3 is 4.74 Å². The highest BCUT2D eigenvalue weighted by atomic mass is 19.1. The van der Waals surface area contributed by atoms with E-state index in [1.54, 1.807) is 6.08 Å². The van der Waals surface area contributed by atoms with Crippen molar-refractivity contribution >= 4 is 0 Å². The van der Waals surface area contributed by atoms with Crippen LogP contribution in [0.2, 0.25) is 0 Å². The summed E-state index contributed by atoms with van der Waals surface area (Å²) in [6.45, 7) is 3.08. The lowest BCUT2D eigenvalue weighted by Crippen LogP contribution is -2.25. The summed E-state index contributed by atoms with van der Waals surface area (Å²) in [7, 11) is 0. The van der Waals surface area contributed by atoms with E-state index in [0.717, 1.165) is 42.9 Å². The summed E-state index contributed by atoms with van der Waals surface area (Å²) in [6, 6.07) is 8.92. The fourth-order valence-electron chi connectivity index (χ4n) is 5.39. The number of allylic oxidation sites excluding steroid dienone is 1. The van der Waals surface area contributed by atoms with Gasteiger partial charge in [-0.2, -0.15) is 0 Å². The van der Waals surface area contributed by atoms with Gasteiger partial charge in [0.1, 0.15) is 5.75 Å². The van der Waals surface area contributed by atoms with Crippen molar-refractivity contribution in [3.63, 3.8) is 0 Å². The van der Waals surface area contributed by atoms with E-state index in [9.17, 15) is 4.39 Å². The second-order valence-corrected chi connectivity index (χ2v) is 9.08. The minimum Gasteiger partial charge on any atom is -0.494 e. The Kier molecular flexibility index (Phi) is 8.89. The third kappa shape index (κ3) is 6.36. The summed E-state index contributed by atoms with van der Waals surface area (Å²) >= 11 is 0. The maximum absolute atomic E-state index is 12.4. The Hall–Kier alpha value is -1.31. The van der Waals surface area contributed by atoms with Gasteiger partial charge in [-0.3, -0.25) is 0 Å². The topological polar surface area (TPSA) is 9.23 Å². The molecule has 2 aliphatic rings. The average Bonchev–Trinajstić information content (AvgIpc) is 2.75. The van der Waals surface area contributed by atoms with Crippen molar-refractivity contribution < 1.29 is 9.13 Å². The molecule has 0 saturated heterocycles. The van der Waals surface area contributed by atoms with Gasteiger partial charge in [0.15, 0.2) is 0 Å². The van der Waals surface area contributed by atoms with Crippen LogP contribution in [-0.4, -0.2) is 6.61 Å². The molecular formula is C26H39FO. The monoisotopic (exact) mass is 386 g/mol. The molecule has 28 heavy (non-hydrogen) atoms. The average molecular weight is 387 g/mol. The minimum absolute atomic E-state index is 0.491. The number of rotatable bonds is 9. The van der Waals surface area contributed by atoms with E-state index in [1.807, 2.05) is 0 Å². The zero-order chi connectivity index (χ0) is 19.6. The highest BCUT2D eigenvalue weighted by molar-refractivity contribution is 5.29. The van der Waals surface area contributed by atoms with Gasteiger partial charge in [-0.05, 0) is 99.2 Å². The predicted molar refractivity (Wildman–Crippen MR) is 116 cm³/mol. The molecule has 2 saturated carbocycles. The Balaban J connectivity index is 1.39. The Morgan fingerprint density at radius 3 is 2.11 bits per heavy atom. The fourth-order valence-corrected chi connectivity index (χ4v) is 5.39. The van der Waals surface area contributed by atoms with Gasteiger partial charge in [0.2, 0.25) is 0 Å². The second-order valence-electron chi connectivity index (χ2n) is 9.08. The van der Waals surface area contributed by atoms with Crippen molar-refractivity contribution in [2.45, 2.75) is 89.9 Å². The summed E-state index contributed by atoms with van der Waals surface area (Å²) in [4.78, 5) is 0. The molecule has 1 nitrogen and oxygen atoms in total. The number of hydrogen-bond donors (Lipinski definition) is 0. The quantitative estimate of drug-likeness (QED) is 0.388. The van der Waals surface area contributed by atoms with Crippen LogP contribution in [-0.2, 0) is 0 Å². The molecule has 0 spiro atoms. The number of ether oxygens (including phenoxy) is 1. The summed E-state index contributed by atoms with van der Waals surface area (Å²) in [5, 5.41) is 0. The first-order valence-electron chi connectivity index (χ1n) is 11.8. The maximum atomic E-state index is 12.4. The molecule has 1 aromatic carbocycles. The summed E-state index contributed by atoms with van der Waals surface area (Å²) in [5.41, 5.74) is 1.49. The molecule has 2 heteroatoms. The van der Waals surface area contributed by atoms with Crippen LogP contribution >= 0.6 is 0 Å². The van der Waals surface area contributed by atoms with Crippen LogP contribution in [0.1, 0.15) is 95.5 Å². The van der Waals surface area contributed by atoms with Gasteiger partial charge in [-0.1, -0.05) is 44.4 Å². The Morgan fingerprint density at radius 1 is 0.857 bits per heavy atom. The van der Waals surface area contributed by atoms with Crippen LogP contribution in [0, 0.1) is 17.8 Å². The molecule has 156 valence electrons. The molecule has 0 bridgehead atoms. The Bertz CT molecular complexity index is 563. The molecule has 1 aromatic rings.